The quantitative estimate of drug-likeness (QED) is 0.625. The summed E-state index contributed by atoms with van der Waals surface area (Å²) >= 11 is 0. The highest BCUT2D eigenvalue weighted by Crippen LogP contribution is 2.58. The second-order valence-corrected chi connectivity index (χ2v) is 9.62. The molecule has 2 aliphatic carbocycles. The van der Waals surface area contributed by atoms with Crippen molar-refractivity contribution >= 4 is 16.6 Å². The summed E-state index contributed by atoms with van der Waals surface area (Å²) in [6, 6.07) is 14.5. The number of nitrogens with one attached hydrogen (secondary N) is 2. The van der Waals surface area contributed by atoms with Gasteiger partial charge >= 0.3 is 0 Å². The Bertz CT molecular complexity index is 1160. The molecule has 0 radical (unpaired) electrons. The van der Waals surface area contributed by atoms with E-state index in [1.54, 1.807) is 0 Å². The lowest BCUT2D eigenvalue weighted by Crippen LogP contribution is -2.50. The number of aromatic nitrogens is 1. The molecule has 0 aliphatic heterocycles. The summed E-state index contributed by atoms with van der Waals surface area (Å²) in [5.74, 6) is -1.05. The van der Waals surface area contributed by atoms with Crippen molar-refractivity contribution in [2.45, 2.75) is 39.5 Å². The summed E-state index contributed by atoms with van der Waals surface area (Å²) in [5, 5.41) is 40.1. The molecule has 1 unspecified atom stereocenters. The lowest BCUT2D eigenvalue weighted by molar-refractivity contribution is 0.168. The zero-order valence-corrected chi connectivity index (χ0v) is 17.5. The van der Waals surface area contributed by atoms with Crippen LogP contribution in [0.3, 0.4) is 0 Å². The molecule has 0 spiro atoms. The first kappa shape index (κ1) is 19.9. The standard InChI is InChI=1S/C25H25N5/c1-24(2,3)15-8-9-16-18(10-15)22(20-12-30-21-7-5-4-6-17(20)21)25(13-27,14-28)23(29)19(16)11-26/h4-7,9,12,15,18-19,22,29-30H,8,10H2,1-3H3/t15-,18-,19?,22-/m1/s1. The van der Waals surface area contributed by atoms with Gasteiger partial charge in [0.05, 0.1) is 23.9 Å². The van der Waals surface area contributed by atoms with Gasteiger partial charge in [-0.15, -0.1) is 0 Å². The minimum absolute atomic E-state index is 0.0713. The number of rotatable bonds is 1. The molecule has 30 heavy (non-hydrogen) atoms. The van der Waals surface area contributed by atoms with Crippen LogP contribution < -0.4 is 0 Å². The summed E-state index contributed by atoms with van der Waals surface area (Å²) in [6.45, 7) is 6.64. The van der Waals surface area contributed by atoms with E-state index in [1.807, 2.05) is 30.5 Å². The van der Waals surface area contributed by atoms with Crippen molar-refractivity contribution in [3.8, 4) is 18.2 Å². The number of H-pyrrole nitrogens is 1. The first-order valence-electron chi connectivity index (χ1n) is 10.4. The van der Waals surface area contributed by atoms with Crippen molar-refractivity contribution in [3.05, 3.63) is 47.7 Å². The Morgan fingerprint density at radius 3 is 2.47 bits per heavy atom. The second kappa shape index (κ2) is 6.86. The van der Waals surface area contributed by atoms with Crippen molar-refractivity contribution in [1.29, 1.82) is 21.2 Å². The van der Waals surface area contributed by atoms with Crippen LogP contribution in [0, 0.1) is 68.0 Å². The molecule has 1 heterocycles. The van der Waals surface area contributed by atoms with E-state index in [2.05, 4.69) is 50.0 Å². The Labute approximate surface area is 177 Å². The highest BCUT2D eigenvalue weighted by molar-refractivity contribution is 6.01. The predicted molar refractivity (Wildman–Crippen MR) is 115 cm³/mol. The Morgan fingerprint density at radius 2 is 1.83 bits per heavy atom. The zero-order valence-electron chi connectivity index (χ0n) is 17.5. The van der Waals surface area contributed by atoms with Crippen molar-refractivity contribution in [2.75, 3.05) is 0 Å². The molecule has 150 valence electrons. The molecular weight excluding hydrogens is 370 g/mol. The second-order valence-electron chi connectivity index (χ2n) is 9.62. The van der Waals surface area contributed by atoms with Gasteiger partial charge in [-0.05, 0) is 47.3 Å². The third kappa shape index (κ3) is 2.68. The average Bonchev–Trinajstić information content (AvgIpc) is 3.15. The number of benzene rings is 1. The minimum atomic E-state index is -1.66. The molecule has 1 aromatic heterocycles. The molecule has 1 fully saturated rings. The van der Waals surface area contributed by atoms with E-state index >= 15 is 0 Å². The Hall–Kier alpha value is -3.36. The van der Waals surface area contributed by atoms with E-state index < -0.39 is 17.3 Å². The van der Waals surface area contributed by atoms with Crippen LogP contribution in [0.15, 0.2) is 42.1 Å². The van der Waals surface area contributed by atoms with Crippen molar-refractivity contribution in [1.82, 2.24) is 4.98 Å². The van der Waals surface area contributed by atoms with Gasteiger partial charge in [0, 0.05) is 23.0 Å². The summed E-state index contributed by atoms with van der Waals surface area (Å²) in [7, 11) is 0. The summed E-state index contributed by atoms with van der Waals surface area (Å²) in [4.78, 5) is 3.27. The average molecular weight is 396 g/mol. The van der Waals surface area contributed by atoms with E-state index in [0.717, 1.165) is 34.9 Å². The van der Waals surface area contributed by atoms with Crippen LogP contribution in [0.5, 0.6) is 0 Å². The molecule has 5 nitrogen and oxygen atoms in total. The van der Waals surface area contributed by atoms with Gasteiger partial charge < -0.3 is 10.4 Å². The molecule has 0 amide bonds. The van der Waals surface area contributed by atoms with Gasteiger partial charge in [0.2, 0.25) is 0 Å². The van der Waals surface area contributed by atoms with Gasteiger partial charge in [-0.2, -0.15) is 15.8 Å². The van der Waals surface area contributed by atoms with Gasteiger partial charge in [0.1, 0.15) is 5.92 Å². The van der Waals surface area contributed by atoms with Gasteiger partial charge in [-0.3, -0.25) is 0 Å². The van der Waals surface area contributed by atoms with Crippen LogP contribution in [-0.4, -0.2) is 10.7 Å². The summed E-state index contributed by atoms with van der Waals surface area (Å²) in [6.07, 6.45) is 5.66. The van der Waals surface area contributed by atoms with E-state index in [-0.39, 0.29) is 17.0 Å². The summed E-state index contributed by atoms with van der Waals surface area (Å²) in [5.41, 5.74) is 1.08. The molecule has 2 aliphatic rings. The smallest absolute Gasteiger partial charge is 0.189 e. The number of allylic oxidation sites excluding steroid dienone is 2. The number of nitrogens with zero attached hydrogens (tertiary/aromatic N) is 3. The van der Waals surface area contributed by atoms with E-state index in [0.29, 0.717) is 5.92 Å². The number of aromatic amines is 1. The Morgan fingerprint density at radius 1 is 1.13 bits per heavy atom. The highest BCUT2D eigenvalue weighted by atomic mass is 14.7. The maximum absolute atomic E-state index is 10.2. The fraction of sp³-hybridized carbons (Fsp3) is 0.440. The van der Waals surface area contributed by atoms with Gasteiger partial charge in [0.15, 0.2) is 5.41 Å². The van der Waals surface area contributed by atoms with Crippen LogP contribution in [0.25, 0.3) is 10.9 Å². The maximum Gasteiger partial charge on any atom is 0.189 e. The van der Waals surface area contributed by atoms with Crippen LogP contribution in [0.2, 0.25) is 0 Å². The summed E-state index contributed by atoms with van der Waals surface area (Å²) < 4.78 is 0. The SMILES string of the molecule is CC(C)(C)[C@@H]1CC=C2C(C#N)C(=N)C(C#N)(C#N)[C@@H](c3c[nH]c4ccccc34)[C@@H]2C1. The van der Waals surface area contributed by atoms with Crippen LogP contribution >= 0.6 is 0 Å². The maximum atomic E-state index is 10.2. The number of hydrogen-bond acceptors (Lipinski definition) is 4. The monoisotopic (exact) mass is 395 g/mol. The molecular formula is C25H25N5. The first-order chi connectivity index (χ1) is 14.3. The molecule has 5 heteroatoms. The molecule has 1 saturated carbocycles. The fourth-order valence-electron chi connectivity index (χ4n) is 5.42. The van der Waals surface area contributed by atoms with Crippen molar-refractivity contribution < 1.29 is 0 Å². The van der Waals surface area contributed by atoms with Crippen molar-refractivity contribution in [2.24, 2.45) is 28.6 Å². The van der Waals surface area contributed by atoms with Gasteiger partial charge in [-0.25, -0.2) is 0 Å². The minimum Gasteiger partial charge on any atom is -0.361 e. The number of nitriles is 3. The topological polar surface area (TPSA) is 111 Å². The third-order valence-corrected chi connectivity index (χ3v) is 7.18. The molecule has 4 rings (SSSR count). The van der Waals surface area contributed by atoms with Gasteiger partial charge in [0.25, 0.3) is 0 Å². The number of fused-ring (bicyclic) bond motifs is 2. The number of para-hydroxylation sites is 1. The highest BCUT2D eigenvalue weighted by Gasteiger charge is 2.58. The lowest BCUT2D eigenvalue weighted by atomic mass is 9.51. The van der Waals surface area contributed by atoms with E-state index in [4.69, 9.17) is 5.41 Å². The molecule has 2 aromatic rings. The largest absolute Gasteiger partial charge is 0.361 e. The zero-order chi connectivity index (χ0) is 21.7. The first-order valence-corrected chi connectivity index (χ1v) is 10.4. The Balaban J connectivity index is 1.99. The van der Waals surface area contributed by atoms with Crippen molar-refractivity contribution in [3.63, 3.8) is 0 Å². The van der Waals surface area contributed by atoms with Gasteiger partial charge in [-0.1, -0.05) is 45.0 Å². The van der Waals surface area contributed by atoms with Crippen LogP contribution in [-0.2, 0) is 0 Å². The normalized spacial score (nSPS) is 28.0. The molecule has 0 bridgehead atoms. The van der Waals surface area contributed by atoms with E-state index in [1.165, 1.54) is 0 Å². The third-order valence-electron chi connectivity index (χ3n) is 7.18. The molecule has 4 atom stereocenters. The predicted octanol–water partition coefficient (Wildman–Crippen LogP) is 5.46. The molecule has 0 saturated heterocycles. The Kier molecular flexibility index (Phi) is 4.56. The van der Waals surface area contributed by atoms with Crippen LogP contribution in [0.4, 0.5) is 0 Å². The number of hydrogen-bond donors (Lipinski definition) is 2. The lowest BCUT2D eigenvalue weighted by Gasteiger charge is -2.48. The molecule has 2 N–H and O–H groups in total. The van der Waals surface area contributed by atoms with Crippen LogP contribution in [0.1, 0.15) is 45.1 Å². The van der Waals surface area contributed by atoms with E-state index in [9.17, 15) is 15.8 Å². The molecule has 1 aromatic carbocycles. The fourth-order valence-corrected chi connectivity index (χ4v) is 5.42.